The molecule has 2 aromatic heterocycles. The average molecular weight is 205 g/mol. The van der Waals surface area contributed by atoms with Crippen molar-refractivity contribution in [3.8, 4) is 0 Å². The van der Waals surface area contributed by atoms with Crippen molar-refractivity contribution in [2.45, 2.75) is 13.8 Å². The first-order chi connectivity index (χ1) is 7.13. The quantitative estimate of drug-likeness (QED) is 0.722. The maximum Gasteiger partial charge on any atom is 0.160 e. The van der Waals surface area contributed by atoms with E-state index in [1.54, 1.807) is 4.68 Å². The molecule has 0 saturated carbocycles. The minimum atomic E-state index is 0.811. The Morgan fingerprint density at radius 3 is 2.73 bits per heavy atom. The molecule has 2 N–H and O–H groups in total. The van der Waals surface area contributed by atoms with Gasteiger partial charge in [-0.3, -0.25) is 4.68 Å². The molecule has 0 spiro atoms. The molecule has 15 heavy (non-hydrogen) atoms. The van der Waals surface area contributed by atoms with Crippen LogP contribution in [0.2, 0.25) is 0 Å². The first kappa shape index (κ1) is 9.92. The molecule has 0 aliphatic carbocycles. The van der Waals surface area contributed by atoms with E-state index in [1.807, 2.05) is 27.1 Å². The van der Waals surface area contributed by atoms with Crippen LogP contribution in [0.25, 0.3) is 11.0 Å². The SMILES string of the molecule is CNNc1cc(C)c2c(C)nn(C)c2n1. The Hall–Kier alpha value is -1.62. The molecular weight excluding hydrogens is 190 g/mol. The zero-order valence-corrected chi connectivity index (χ0v) is 9.42. The van der Waals surface area contributed by atoms with Gasteiger partial charge < -0.3 is 5.43 Å². The third-order valence-corrected chi connectivity index (χ3v) is 2.42. The second kappa shape index (κ2) is 3.51. The normalized spacial score (nSPS) is 10.9. The van der Waals surface area contributed by atoms with E-state index in [-0.39, 0.29) is 0 Å². The van der Waals surface area contributed by atoms with Gasteiger partial charge in [-0.25, -0.2) is 10.4 Å². The number of hydrogen-bond donors (Lipinski definition) is 2. The monoisotopic (exact) mass is 205 g/mol. The number of hydrazine groups is 1. The Kier molecular flexibility index (Phi) is 2.32. The van der Waals surface area contributed by atoms with Crippen molar-refractivity contribution < 1.29 is 0 Å². The van der Waals surface area contributed by atoms with Crippen LogP contribution < -0.4 is 10.9 Å². The molecule has 80 valence electrons. The molecule has 2 heterocycles. The number of nitrogens with zero attached hydrogens (tertiary/aromatic N) is 3. The zero-order valence-electron chi connectivity index (χ0n) is 9.42. The fraction of sp³-hybridized carbons (Fsp3) is 0.400. The molecule has 2 aromatic rings. The van der Waals surface area contributed by atoms with Gasteiger partial charge in [0.15, 0.2) is 5.65 Å². The highest BCUT2D eigenvalue weighted by Crippen LogP contribution is 2.22. The van der Waals surface area contributed by atoms with Crippen molar-refractivity contribution in [2.24, 2.45) is 7.05 Å². The van der Waals surface area contributed by atoms with Gasteiger partial charge in [-0.1, -0.05) is 0 Å². The molecule has 0 radical (unpaired) electrons. The number of rotatable bonds is 2. The number of aryl methyl sites for hydroxylation is 3. The lowest BCUT2D eigenvalue weighted by Crippen LogP contribution is -2.16. The minimum absolute atomic E-state index is 0.811. The number of fused-ring (bicyclic) bond motifs is 1. The van der Waals surface area contributed by atoms with Gasteiger partial charge in [-0.15, -0.1) is 0 Å². The highest BCUT2D eigenvalue weighted by Gasteiger charge is 2.10. The van der Waals surface area contributed by atoms with Crippen molar-refractivity contribution in [2.75, 3.05) is 12.5 Å². The van der Waals surface area contributed by atoms with Gasteiger partial charge in [0.2, 0.25) is 0 Å². The standard InChI is InChI=1S/C10H15N5/c1-6-5-8(13-11-3)12-10-9(6)7(2)14-15(10)4/h5,11H,1-4H3,(H,12,13). The summed E-state index contributed by atoms with van der Waals surface area (Å²) in [6, 6.07) is 2.01. The van der Waals surface area contributed by atoms with Crippen LogP contribution in [-0.4, -0.2) is 21.8 Å². The molecule has 0 bridgehead atoms. The van der Waals surface area contributed by atoms with Crippen molar-refractivity contribution in [1.82, 2.24) is 20.2 Å². The van der Waals surface area contributed by atoms with Crippen molar-refractivity contribution >= 4 is 16.9 Å². The minimum Gasteiger partial charge on any atom is -0.306 e. The van der Waals surface area contributed by atoms with Gasteiger partial charge in [-0.2, -0.15) is 5.10 Å². The summed E-state index contributed by atoms with van der Waals surface area (Å²) in [5.74, 6) is 0.811. The van der Waals surface area contributed by atoms with Crippen LogP contribution in [0.4, 0.5) is 5.82 Å². The Labute approximate surface area is 88.5 Å². The van der Waals surface area contributed by atoms with E-state index in [9.17, 15) is 0 Å². The molecule has 0 aliphatic rings. The highest BCUT2D eigenvalue weighted by molar-refractivity contribution is 5.83. The summed E-state index contributed by atoms with van der Waals surface area (Å²) in [6.45, 7) is 4.07. The molecule has 0 fully saturated rings. The van der Waals surface area contributed by atoms with Gasteiger partial charge in [0.25, 0.3) is 0 Å². The smallest absolute Gasteiger partial charge is 0.160 e. The van der Waals surface area contributed by atoms with Gasteiger partial charge in [-0.05, 0) is 25.5 Å². The number of nitrogens with one attached hydrogen (secondary N) is 2. The van der Waals surface area contributed by atoms with E-state index in [2.05, 4.69) is 27.9 Å². The molecule has 0 saturated heterocycles. The molecular formula is C10H15N5. The molecule has 5 nitrogen and oxygen atoms in total. The fourth-order valence-electron chi connectivity index (χ4n) is 1.85. The predicted octanol–water partition coefficient (Wildman–Crippen LogP) is 1.13. The number of aromatic nitrogens is 3. The average Bonchev–Trinajstić information content (AvgIpc) is 2.43. The Morgan fingerprint density at radius 2 is 2.07 bits per heavy atom. The van der Waals surface area contributed by atoms with Gasteiger partial charge >= 0.3 is 0 Å². The van der Waals surface area contributed by atoms with E-state index in [4.69, 9.17) is 0 Å². The summed E-state index contributed by atoms with van der Waals surface area (Å²) in [5, 5.41) is 5.50. The molecule has 0 amide bonds. The molecule has 0 unspecified atom stereocenters. The van der Waals surface area contributed by atoms with Crippen LogP contribution in [0.15, 0.2) is 6.07 Å². The van der Waals surface area contributed by atoms with E-state index in [0.29, 0.717) is 0 Å². The van der Waals surface area contributed by atoms with Crippen LogP contribution in [0, 0.1) is 13.8 Å². The Balaban J connectivity index is 2.70. The van der Waals surface area contributed by atoms with Crippen molar-refractivity contribution in [3.63, 3.8) is 0 Å². The summed E-state index contributed by atoms with van der Waals surface area (Å²) in [5.41, 5.74) is 8.95. The number of hydrogen-bond acceptors (Lipinski definition) is 4. The molecule has 0 aliphatic heterocycles. The summed E-state index contributed by atoms with van der Waals surface area (Å²) in [6.07, 6.45) is 0. The number of pyridine rings is 1. The Morgan fingerprint density at radius 1 is 1.33 bits per heavy atom. The number of anilines is 1. The second-order valence-corrected chi connectivity index (χ2v) is 3.61. The third-order valence-electron chi connectivity index (χ3n) is 2.42. The van der Waals surface area contributed by atoms with Crippen molar-refractivity contribution in [1.29, 1.82) is 0 Å². The van der Waals surface area contributed by atoms with E-state index >= 15 is 0 Å². The maximum absolute atomic E-state index is 4.47. The lowest BCUT2D eigenvalue weighted by molar-refractivity contribution is 0.773. The van der Waals surface area contributed by atoms with Crippen LogP contribution in [0.1, 0.15) is 11.3 Å². The predicted molar refractivity (Wildman–Crippen MR) is 60.7 cm³/mol. The van der Waals surface area contributed by atoms with E-state index in [0.717, 1.165) is 22.5 Å². The summed E-state index contributed by atoms with van der Waals surface area (Å²) in [7, 11) is 3.72. The van der Waals surface area contributed by atoms with Crippen molar-refractivity contribution in [3.05, 3.63) is 17.3 Å². The molecule has 5 heteroatoms. The fourth-order valence-corrected chi connectivity index (χ4v) is 1.85. The van der Waals surface area contributed by atoms with Gasteiger partial charge in [0, 0.05) is 19.5 Å². The third kappa shape index (κ3) is 1.55. The van der Waals surface area contributed by atoms with Gasteiger partial charge in [0.05, 0.1) is 5.69 Å². The maximum atomic E-state index is 4.47. The summed E-state index contributed by atoms with van der Waals surface area (Å²) < 4.78 is 1.80. The molecule has 0 aromatic carbocycles. The molecule has 2 rings (SSSR count). The van der Waals surface area contributed by atoms with Crippen LogP contribution in [0.5, 0.6) is 0 Å². The van der Waals surface area contributed by atoms with E-state index in [1.165, 1.54) is 5.56 Å². The van der Waals surface area contributed by atoms with Crippen LogP contribution in [0.3, 0.4) is 0 Å². The summed E-state index contributed by atoms with van der Waals surface area (Å²) >= 11 is 0. The van der Waals surface area contributed by atoms with Crippen LogP contribution in [-0.2, 0) is 7.05 Å². The van der Waals surface area contributed by atoms with Crippen LogP contribution >= 0.6 is 0 Å². The zero-order chi connectivity index (χ0) is 11.0. The summed E-state index contributed by atoms with van der Waals surface area (Å²) in [4.78, 5) is 4.47. The second-order valence-electron chi connectivity index (χ2n) is 3.61. The van der Waals surface area contributed by atoms with Gasteiger partial charge in [0.1, 0.15) is 5.82 Å². The topological polar surface area (TPSA) is 54.8 Å². The lowest BCUT2D eigenvalue weighted by atomic mass is 10.1. The molecule has 0 atom stereocenters. The van der Waals surface area contributed by atoms with E-state index < -0.39 is 0 Å². The first-order valence-corrected chi connectivity index (χ1v) is 4.87. The highest BCUT2D eigenvalue weighted by atomic mass is 15.4. The lowest BCUT2D eigenvalue weighted by Gasteiger charge is -2.05. The Bertz CT molecular complexity index is 500. The first-order valence-electron chi connectivity index (χ1n) is 4.87. The largest absolute Gasteiger partial charge is 0.306 e.